The van der Waals surface area contributed by atoms with Gasteiger partial charge in [0.15, 0.2) is 0 Å². The standard InChI is InChI=1S/C53H35NS/c1-3-14-36(15-4-1)37-26-29-41(30-27-37)54(40-18-5-2-6-19-40)42-31-33-50-47(35-42)44-21-9-11-23-49(44)53(50,48-24-13-17-38-16-7-8-20-43(38)48)39-28-32-46-45-22-10-12-25-51(45)55-52(46)34-39/h1-35H/i7D,8D,13D,16D,17D,20D,24D. The summed E-state index contributed by atoms with van der Waals surface area (Å²) >= 11 is 1.67. The summed E-state index contributed by atoms with van der Waals surface area (Å²) in [6.07, 6.45) is 0. The lowest BCUT2D eigenvalue weighted by Crippen LogP contribution is -2.29. The minimum Gasteiger partial charge on any atom is -0.310 e. The van der Waals surface area contributed by atoms with Crippen molar-refractivity contribution in [1.82, 2.24) is 0 Å². The third-order valence-electron chi connectivity index (χ3n) is 11.0. The predicted molar refractivity (Wildman–Crippen MR) is 234 cm³/mol. The highest BCUT2D eigenvalue weighted by atomic mass is 32.1. The minimum absolute atomic E-state index is 0.0638. The van der Waals surface area contributed by atoms with E-state index in [9.17, 15) is 4.11 Å². The minimum atomic E-state index is -1.33. The first-order chi connectivity index (χ1) is 30.2. The van der Waals surface area contributed by atoms with Crippen molar-refractivity contribution in [3.05, 3.63) is 234 Å². The van der Waals surface area contributed by atoms with Gasteiger partial charge in [0.05, 0.1) is 15.0 Å². The third-order valence-corrected chi connectivity index (χ3v) is 12.2. The van der Waals surface area contributed by atoms with Gasteiger partial charge in [0.25, 0.3) is 0 Å². The number of hydrogen-bond acceptors (Lipinski definition) is 2. The molecule has 1 aromatic heterocycles. The second kappa shape index (κ2) is 12.7. The lowest BCUT2D eigenvalue weighted by molar-refractivity contribution is 0.778. The van der Waals surface area contributed by atoms with Gasteiger partial charge in [0.1, 0.15) is 0 Å². The quantitative estimate of drug-likeness (QED) is 0.165. The molecule has 258 valence electrons. The van der Waals surface area contributed by atoms with Gasteiger partial charge < -0.3 is 4.90 Å². The first kappa shape index (κ1) is 25.3. The Morgan fingerprint density at radius 1 is 0.418 bits per heavy atom. The molecule has 0 amide bonds. The van der Waals surface area contributed by atoms with Crippen LogP contribution in [-0.2, 0) is 5.41 Å². The molecule has 1 unspecified atom stereocenters. The molecule has 9 aromatic carbocycles. The van der Waals surface area contributed by atoms with Crippen molar-refractivity contribution in [2.24, 2.45) is 0 Å². The molecular formula is C53H35NS. The molecule has 0 spiro atoms. The average Bonchev–Trinajstić information content (AvgIpc) is 3.83. The maximum Gasteiger partial charge on any atom is 0.0720 e. The summed E-state index contributed by atoms with van der Waals surface area (Å²) < 4.78 is 66.4. The van der Waals surface area contributed by atoms with E-state index >= 15 is 0 Å². The zero-order valence-corrected chi connectivity index (χ0v) is 30.3. The molecule has 11 rings (SSSR count). The number of anilines is 3. The predicted octanol–water partition coefficient (Wildman–Crippen LogP) is 14.7. The van der Waals surface area contributed by atoms with E-state index in [4.69, 9.17) is 5.48 Å². The Labute approximate surface area is 334 Å². The Kier molecular flexibility index (Phi) is 5.84. The largest absolute Gasteiger partial charge is 0.310 e. The van der Waals surface area contributed by atoms with E-state index in [0.717, 1.165) is 76.2 Å². The van der Waals surface area contributed by atoms with Crippen LogP contribution in [0.25, 0.3) is 53.2 Å². The molecular weight excluding hydrogens is 683 g/mol. The first-order valence-electron chi connectivity index (χ1n) is 21.9. The van der Waals surface area contributed by atoms with Gasteiger partial charge in [-0.15, -0.1) is 11.3 Å². The third kappa shape index (κ3) is 4.92. The van der Waals surface area contributed by atoms with Crippen molar-refractivity contribution in [3.63, 3.8) is 0 Å². The summed E-state index contributed by atoms with van der Waals surface area (Å²) in [5.41, 5.74) is 8.22. The highest BCUT2D eigenvalue weighted by Gasteiger charge is 2.47. The van der Waals surface area contributed by atoms with Crippen molar-refractivity contribution < 1.29 is 9.60 Å². The number of fused-ring (bicyclic) bond motifs is 7. The Bertz CT molecular complexity index is 3430. The lowest BCUT2D eigenvalue weighted by atomic mass is 9.66. The topological polar surface area (TPSA) is 3.24 Å². The normalized spacial score (nSPS) is 16.4. The maximum absolute atomic E-state index is 9.83. The molecule has 0 N–H and O–H groups in total. The van der Waals surface area contributed by atoms with E-state index in [-0.39, 0.29) is 28.4 Å². The monoisotopic (exact) mass is 724 g/mol. The van der Waals surface area contributed by atoms with Gasteiger partial charge in [-0.1, -0.05) is 164 Å². The summed E-state index contributed by atoms with van der Waals surface area (Å²) in [5, 5.41) is 2.24. The molecule has 0 aliphatic heterocycles. The molecule has 1 aliphatic rings. The Morgan fingerprint density at radius 3 is 1.95 bits per heavy atom. The molecule has 0 radical (unpaired) electrons. The van der Waals surface area contributed by atoms with E-state index in [1.54, 1.807) is 11.3 Å². The van der Waals surface area contributed by atoms with Gasteiger partial charge in [-0.2, -0.15) is 0 Å². The van der Waals surface area contributed by atoms with Gasteiger partial charge in [-0.05, 0) is 104 Å². The summed E-state index contributed by atoms with van der Waals surface area (Å²) in [6.45, 7) is 0. The highest BCUT2D eigenvalue weighted by molar-refractivity contribution is 7.25. The van der Waals surface area contributed by atoms with Gasteiger partial charge in [-0.3, -0.25) is 0 Å². The molecule has 0 fully saturated rings. The van der Waals surface area contributed by atoms with E-state index in [1.807, 2.05) is 66.7 Å². The Hall–Kier alpha value is -6.74. The van der Waals surface area contributed by atoms with Crippen molar-refractivity contribution in [1.29, 1.82) is 0 Å². The van der Waals surface area contributed by atoms with Crippen LogP contribution < -0.4 is 4.90 Å². The van der Waals surface area contributed by atoms with Crippen molar-refractivity contribution >= 4 is 59.3 Å². The van der Waals surface area contributed by atoms with Gasteiger partial charge in [-0.25, -0.2) is 0 Å². The molecule has 0 bridgehead atoms. The van der Waals surface area contributed by atoms with Gasteiger partial charge >= 0.3 is 0 Å². The molecule has 1 atom stereocenters. The van der Waals surface area contributed by atoms with E-state index in [0.29, 0.717) is 0 Å². The molecule has 1 nitrogen and oxygen atoms in total. The first-order valence-corrected chi connectivity index (χ1v) is 19.2. The van der Waals surface area contributed by atoms with Crippen LogP contribution in [0.1, 0.15) is 31.8 Å². The van der Waals surface area contributed by atoms with Crippen LogP contribution in [0.3, 0.4) is 0 Å². The van der Waals surface area contributed by atoms with Crippen LogP contribution in [0, 0.1) is 0 Å². The summed E-state index contributed by atoms with van der Waals surface area (Å²) in [6, 6.07) is 55.4. The fourth-order valence-corrected chi connectivity index (χ4v) is 9.79. The second-order valence-corrected chi connectivity index (χ2v) is 15.0. The number of para-hydroxylation sites is 1. The van der Waals surface area contributed by atoms with Gasteiger partial charge in [0.2, 0.25) is 0 Å². The lowest BCUT2D eigenvalue weighted by Gasteiger charge is -2.35. The number of thiophene rings is 1. The Balaban J connectivity index is 1.24. The fourth-order valence-electron chi connectivity index (χ4n) is 8.65. The van der Waals surface area contributed by atoms with Crippen LogP contribution >= 0.6 is 11.3 Å². The van der Waals surface area contributed by atoms with Crippen molar-refractivity contribution in [2.45, 2.75) is 5.41 Å². The smallest absolute Gasteiger partial charge is 0.0720 e. The molecule has 2 heteroatoms. The van der Waals surface area contributed by atoms with Crippen LogP contribution in [-0.4, -0.2) is 0 Å². The average molecular weight is 725 g/mol. The number of nitrogens with zero attached hydrogens (tertiary/aromatic N) is 1. The molecule has 0 saturated heterocycles. The van der Waals surface area contributed by atoms with Gasteiger partial charge in [0, 0.05) is 37.2 Å². The molecule has 55 heavy (non-hydrogen) atoms. The second-order valence-electron chi connectivity index (χ2n) is 13.9. The van der Waals surface area contributed by atoms with Crippen LogP contribution in [0.4, 0.5) is 17.1 Å². The molecule has 10 aromatic rings. The van der Waals surface area contributed by atoms with E-state index in [2.05, 4.69) is 108 Å². The molecule has 0 saturated carbocycles. The summed E-state index contributed by atoms with van der Waals surface area (Å²) in [4.78, 5) is 2.22. The number of benzene rings is 9. The number of rotatable bonds is 6. The highest BCUT2D eigenvalue weighted by Crippen LogP contribution is 2.59. The van der Waals surface area contributed by atoms with Crippen LogP contribution in [0.15, 0.2) is 212 Å². The SMILES string of the molecule is [2H]c1c([2H])c([2H])c2c(C3(c4ccc5c(c4)sc4ccccc45)c4ccccc4-c4cc(N(c5ccccc5)c5ccc(-c6ccccc6)cc5)ccc43)c([2H])c([2H])c([2H])c2c1[2H]. The van der Waals surface area contributed by atoms with Crippen molar-refractivity contribution in [3.8, 4) is 22.3 Å². The zero-order valence-electron chi connectivity index (χ0n) is 36.5. The maximum atomic E-state index is 9.83. The number of hydrogen-bond donors (Lipinski definition) is 0. The van der Waals surface area contributed by atoms with E-state index in [1.165, 1.54) is 0 Å². The molecule has 1 heterocycles. The zero-order chi connectivity index (χ0) is 42.4. The van der Waals surface area contributed by atoms with E-state index < -0.39 is 35.6 Å². The fraction of sp³-hybridized carbons (Fsp3) is 0.0189. The Morgan fingerprint density at radius 2 is 1.07 bits per heavy atom. The molecule has 1 aliphatic carbocycles. The van der Waals surface area contributed by atoms with Crippen LogP contribution in [0.5, 0.6) is 0 Å². The summed E-state index contributed by atoms with van der Waals surface area (Å²) in [7, 11) is 0. The summed E-state index contributed by atoms with van der Waals surface area (Å²) in [5.74, 6) is 0. The van der Waals surface area contributed by atoms with Crippen LogP contribution in [0.2, 0.25) is 0 Å². The van der Waals surface area contributed by atoms with Crippen molar-refractivity contribution in [2.75, 3.05) is 4.90 Å².